The number of ether oxygens (including phenoxy) is 1. The zero-order valence-corrected chi connectivity index (χ0v) is 29.2. The summed E-state index contributed by atoms with van der Waals surface area (Å²) in [6, 6.07) is -0.109. The Morgan fingerprint density at radius 1 is 0.976 bits per heavy atom. The molecule has 1 rings (SSSR count). The van der Waals surface area contributed by atoms with Crippen LogP contribution in [0.4, 0.5) is 0 Å². The van der Waals surface area contributed by atoms with Gasteiger partial charge in [0.15, 0.2) is 7.00 Å². The number of likely N-dealkylation sites (N-methyl/N-ethyl adjacent to an activating group) is 2. The lowest BCUT2D eigenvalue weighted by Gasteiger charge is -2.42. The highest BCUT2D eigenvalue weighted by molar-refractivity contribution is 7.55. The number of aliphatic hydroxyl groups excluding tert-OH is 1. The fourth-order valence-electron chi connectivity index (χ4n) is 5.10. The first-order valence-corrected chi connectivity index (χ1v) is 18.0. The van der Waals surface area contributed by atoms with Crippen LogP contribution in [0.5, 0.6) is 0 Å². The first kappa shape index (κ1) is 38.2. The van der Waals surface area contributed by atoms with E-state index >= 15 is 0 Å². The van der Waals surface area contributed by atoms with Crippen LogP contribution in [-0.2, 0) is 28.0 Å². The molecule has 3 unspecified atom stereocenters. The number of Topliss-reactive ketones (excluding diaryl/α,β-unsaturated/α-hetero) is 1. The number of carbonyl (C=O) groups is 3. The number of unbranched alkanes of at least 4 members (excludes halogenated alkanes) is 2. The molecular formula is C29H57BN2O7PSi. The predicted molar refractivity (Wildman–Crippen MR) is 170 cm³/mol. The summed E-state index contributed by atoms with van der Waals surface area (Å²) in [6.45, 7) is 17.2. The highest BCUT2D eigenvalue weighted by atomic mass is 31.0. The van der Waals surface area contributed by atoms with Crippen LogP contribution in [0.15, 0.2) is 0 Å². The Labute approximate surface area is 253 Å². The number of hydrogen-bond donors (Lipinski definition) is 1. The van der Waals surface area contributed by atoms with Crippen molar-refractivity contribution in [2.75, 3.05) is 33.8 Å². The Kier molecular flexibility index (Phi) is 17.5. The van der Waals surface area contributed by atoms with E-state index in [1.54, 1.807) is 30.8 Å². The van der Waals surface area contributed by atoms with Crippen molar-refractivity contribution in [2.24, 2.45) is 5.92 Å². The maximum absolute atomic E-state index is 13.3. The molecule has 1 saturated heterocycles. The monoisotopic (exact) mass is 615 g/mol. The first-order valence-electron chi connectivity index (χ1n) is 15.3. The van der Waals surface area contributed by atoms with Crippen LogP contribution >= 0.6 is 9.12 Å². The fraction of sp³-hybridized carbons (Fsp3) is 0.897. The van der Waals surface area contributed by atoms with Crippen molar-refractivity contribution in [3.05, 3.63) is 0 Å². The summed E-state index contributed by atoms with van der Waals surface area (Å²) >= 11 is 0. The maximum Gasteiger partial charge on any atom is 0.343 e. The van der Waals surface area contributed by atoms with Gasteiger partial charge in [-0.25, -0.2) is 0 Å². The van der Waals surface area contributed by atoms with Gasteiger partial charge in [-0.05, 0) is 43.2 Å². The third-order valence-corrected chi connectivity index (χ3v) is 13.0. The van der Waals surface area contributed by atoms with Gasteiger partial charge < -0.3 is 33.3 Å². The molecule has 1 heterocycles. The Balaban J connectivity index is 2.74. The lowest BCUT2D eigenvalue weighted by Crippen LogP contribution is -2.53. The molecule has 1 N–H and O–H groups in total. The average Bonchev–Trinajstić information content (AvgIpc) is 3.26. The molecule has 0 aromatic carbocycles. The van der Waals surface area contributed by atoms with Gasteiger partial charge in [0.1, 0.15) is 11.9 Å². The third-order valence-electron chi connectivity index (χ3n) is 8.05. The molecule has 1 aliphatic heterocycles. The van der Waals surface area contributed by atoms with Gasteiger partial charge in [-0.15, -0.1) is 0 Å². The minimum Gasteiger partial charge on any atom is -0.391 e. The number of amides is 2. The Morgan fingerprint density at radius 2 is 1.54 bits per heavy atom. The minimum absolute atomic E-state index is 0.0300. The van der Waals surface area contributed by atoms with Crippen LogP contribution < -0.4 is 0 Å². The van der Waals surface area contributed by atoms with Gasteiger partial charge >= 0.3 is 8.56 Å². The zero-order chi connectivity index (χ0) is 31.3. The summed E-state index contributed by atoms with van der Waals surface area (Å²) in [5.74, 6) is 0.300. The molecule has 41 heavy (non-hydrogen) atoms. The number of rotatable bonds is 20. The van der Waals surface area contributed by atoms with E-state index in [4.69, 9.17) is 13.6 Å². The zero-order valence-electron chi connectivity index (χ0n) is 27.1. The van der Waals surface area contributed by atoms with E-state index in [1.165, 1.54) is 0 Å². The molecule has 9 nitrogen and oxygen atoms in total. The molecule has 1 radical (unpaired) electrons. The second-order valence-corrected chi connectivity index (χ2v) is 17.2. The first-order chi connectivity index (χ1) is 19.1. The van der Waals surface area contributed by atoms with Crippen LogP contribution in [0.1, 0.15) is 93.4 Å². The quantitative estimate of drug-likeness (QED) is 0.125. The molecule has 0 saturated carbocycles. The number of aliphatic hydroxyl groups is 1. The number of nitrogens with zero attached hydrogens (tertiary/aromatic N) is 2. The fourth-order valence-corrected chi connectivity index (χ4v) is 9.21. The highest BCUT2D eigenvalue weighted by Gasteiger charge is 2.49. The second kappa shape index (κ2) is 18.7. The SMILES string of the molecule is CC(=O)CCCCCC(=O)N(C)CCN(C)C(=O)CC(O[Si](OC[C@H]1O[C@@H]([B]P)CC1O)(C(C)C)C(C)C)C(C)C. The maximum atomic E-state index is 13.3. The summed E-state index contributed by atoms with van der Waals surface area (Å²) in [6.07, 6.45) is 2.92. The molecule has 12 heteroatoms. The van der Waals surface area contributed by atoms with Gasteiger partial charge in [0.05, 0.1) is 25.2 Å². The van der Waals surface area contributed by atoms with Gasteiger partial charge in [0.2, 0.25) is 11.8 Å². The van der Waals surface area contributed by atoms with Crippen molar-refractivity contribution in [1.29, 1.82) is 0 Å². The van der Waals surface area contributed by atoms with Crippen molar-refractivity contribution in [3.8, 4) is 0 Å². The third kappa shape index (κ3) is 12.7. The van der Waals surface area contributed by atoms with Crippen LogP contribution in [0.25, 0.3) is 0 Å². The molecule has 0 aliphatic carbocycles. The Hall–Kier alpha value is -0.838. The summed E-state index contributed by atoms with van der Waals surface area (Å²) in [5, 5.41) is 10.5. The highest BCUT2D eigenvalue weighted by Crippen LogP contribution is 2.38. The van der Waals surface area contributed by atoms with Crippen LogP contribution in [0.3, 0.4) is 0 Å². The molecule has 2 amide bonds. The predicted octanol–water partition coefficient (Wildman–Crippen LogP) is 4.12. The van der Waals surface area contributed by atoms with E-state index in [-0.39, 0.29) is 59.7 Å². The second-order valence-electron chi connectivity index (χ2n) is 12.5. The summed E-state index contributed by atoms with van der Waals surface area (Å²) in [4.78, 5) is 40.2. The smallest absolute Gasteiger partial charge is 0.343 e. The van der Waals surface area contributed by atoms with Crippen molar-refractivity contribution >= 4 is 42.3 Å². The van der Waals surface area contributed by atoms with Gasteiger partial charge in [-0.1, -0.05) is 48.0 Å². The molecular weight excluding hydrogens is 558 g/mol. The molecule has 237 valence electrons. The van der Waals surface area contributed by atoms with Crippen molar-refractivity contribution in [3.63, 3.8) is 0 Å². The van der Waals surface area contributed by atoms with E-state index in [2.05, 4.69) is 50.7 Å². The number of carbonyl (C=O) groups excluding carboxylic acids is 3. The minimum atomic E-state index is -2.83. The standard InChI is InChI=1S/C29H57BN2O7PSi/c1-20(2)25(18-29(36)32(9)16-15-31(8)28(35)14-12-10-11-13-23(7)33)39-41(21(3)4,22(5)6)37-19-26-24(34)17-27(30-40)38-26/h20-22,24-27,34H,10-19,40H2,1-9H3/t24?,25?,26-,27-/m1/s1. The molecule has 0 aromatic heterocycles. The van der Waals surface area contributed by atoms with Crippen LogP contribution in [0, 0.1) is 5.92 Å². The van der Waals surface area contributed by atoms with Gasteiger partial charge in [0.25, 0.3) is 0 Å². The molecule has 0 bridgehead atoms. The normalized spacial score (nSPS) is 20.1. The average molecular weight is 616 g/mol. The van der Waals surface area contributed by atoms with Gasteiger partial charge in [0, 0.05) is 46.0 Å². The molecule has 5 atom stereocenters. The van der Waals surface area contributed by atoms with E-state index in [1.807, 2.05) is 7.00 Å². The lowest BCUT2D eigenvalue weighted by molar-refractivity contribution is -0.135. The topological polar surface area (TPSA) is 106 Å². The van der Waals surface area contributed by atoms with E-state index in [0.29, 0.717) is 32.4 Å². The van der Waals surface area contributed by atoms with E-state index < -0.39 is 20.8 Å². The molecule has 0 spiro atoms. The van der Waals surface area contributed by atoms with Crippen LogP contribution in [0.2, 0.25) is 11.1 Å². The summed E-state index contributed by atoms with van der Waals surface area (Å²) < 4.78 is 19.4. The van der Waals surface area contributed by atoms with Crippen molar-refractivity contribution in [1.82, 2.24) is 9.80 Å². The van der Waals surface area contributed by atoms with E-state index in [9.17, 15) is 19.5 Å². The van der Waals surface area contributed by atoms with Crippen molar-refractivity contribution < 1.29 is 33.1 Å². The largest absolute Gasteiger partial charge is 0.391 e. The molecule has 1 fully saturated rings. The molecule has 0 aromatic rings. The molecule has 1 aliphatic rings. The van der Waals surface area contributed by atoms with Crippen LogP contribution in [-0.4, -0.2) is 106 Å². The Morgan fingerprint density at radius 3 is 2.02 bits per heavy atom. The van der Waals surface area contributed by atoms with Crippen molar-refractivity contribution in [2.45, 2.75) is 129 Å². The number of ketones is 1. The number of hydrogen-bond acceptors (Lipinski definition) is 7. The van der Waals surface area contributed by atoms with Gasteiger partial charge in [-0.3, -0.25) is 9.59 Å². The lowest BCUT2D eigenvalue weighted by atomic mass is 9.94. The summed E-state index contributed by atoms with van der Waals surface area (Å²) in [7, 11) is 3.25. The Bertz CT molecular complexity index is 812. The van der Waals surface area contributed by atoms with E-state index in [0.717, 1.165) is 19.3 Å². The van der Waals surface area contributed by atoms with Gasteiger partial charge in [-0.2, -0.15) is 9.12 Å². The summed E-state index contributed by atoms with van der Waals surface area (Å²) in [5.41, 5.74) is 0.252.